The number of morpholine rings is 1. The van der Waals surface area contributed by atoms with E-state index in [1.807, 2.05) is 6.92 Å². The number of anilines is 1. The summed E-state index contributed by atoms with van der Waals surface area (Å²) < 4.78 is 5.35. The van der Waals surface area contributed by atoms with Crippen molar-refractivity contribution in [2.75, 3.05) is 25.5 Å². The molecular formula is C9H14N4O. The molecule has 3 N–H and O–H groups in total. The average Bonchev–Trinajstić information content (AvgIpc) is 2.18. The molecule has 1 aromatic heterocycles. The summed E-state index contributed by atoms with van der Waals surface area (Å²) in [6.45, 7) is 4.10. The van der Waals surface area contributed by atoms with E-state index in [0.717, 1.165) is 18.8 Å². The Bertz CT molecular complexity index is 302. The largest absolute Gasteiger partial charge is 0.384 e. The summed E-state index contributed by atoms with van der Waals surface area (Å²) in [4.78, 5) is 8.35. The second kappa shape index (κ2) is 3.89. The fourth-order valence-electron chi connectivity index (χ4n) is 1.55. The highest BCUT2D eigenvalue weighted by atomic mass is 16.5. The number of nitrogens with one attached hydrogen (secondary N) is 1. The van der Waals surface area contributed by atoms with Crippen LogP contribution in [-0.2, 0) is 4.74 Å². The number of nitrogen functional groups attached to an aromatic ring is 1. The van der Waals surface area contributed by atoms with Crippen LogP contribution in [0.4, 0.5) is 5.82 Å². The molecule has 0 bridgehead atoms. The van der Waals surface area contributed by atoms with Gasteiger partial charge in [0.05, 0.1) is 24.9 Å². The van der Waals surface area contributed by atoms with Crippen molar-refractivity contribution in [2.24, 2.45) is 0 Å². The number of ether oxygens (including phenoxy) is 1. The van der Waals surface area contributed by atoms with E-state index in [-0.39, 0.29) is 6.04 Å². The maximum absolute atomic E-state index is 5.65. The van der Waals surface area contributed by atoms with Gasteiger partial charge in [-0.15, -0.1) is 0 Å². The lowest BCUT2D eigenvalue weighted by molar-refractivity contribution is 0.0755. The normalized spacial score (nSPS) is 22.2. The maximum atomic E-state index is 5.65. The lowest BCUT2D eigenvalue weighted by Crippen LogP contribution is -2.35. The fraction of sp³-hybridized carbons (Fsp3) is 0.556. The first-order chi connectivity index (χ1) is 6.75. The number of hydrogen-bond donors (Lipinski definition) is 2. The summed E-state index contributed by atoms with van der Waals surface area (Å²) in [5, 5.41) is 3.32. The van der Waals surface area contributed by atoms with E-state index in [2.05, 4.69) is 15.3 Å². The first-order valence-electron chi connectivity index (χ1n) is 4.68. The molecule has 1 aliphatic heterocycles. The van der Waals surface area contributed by atoms with E-state index >= 15 is 0 Å². The average molecular weight is 194 g/mol. The van der Waals surface area contributed by atoms with Crippen molar-refractivity contribution in [1.29, 1.82) is 0 Å². The molecule has 1 atom stereocenters. The topological polar surface area (TPSA) is 73.1 Å². The molecule has 5 heteroatoms. The van der Waals surface area contributed by atoms with E-state index in [1.165, 1.54) is 0 Å². The predicted octanol–water partition coefficient (Wildman–Crippen LogP) is 0.0281. The van der Waals surface area contributed by atoms with Crippen LogP contribution in [0.2, 0.25) is 0 Å². The Balaban J connectivity index is 2.21. The predicted molar refractivity (Wildman–Crippen MR) is 52.7 cm³/mol. The summed E-state index contributed by atoms with van der Waals surface area (Å²) in [7, 11) is 0. The van der Waals surface area contributed by atoms with E-state index in [4.69, 9.17) is 10.5 Å². The summed E-state index contributed by atoms with van der Waals surface area (Å²) in [5.74, 6) is 1.22. The number of aryl methyl sites for hydroxylation is 1. The molecule has 14 heavy (non-hydrogen) atoms. The van der Waals surface area contributed by atoms with Crippen LogP contribution >= 0.6 is 0 Å². The molecule has 1 aromatic rings. The maximum Gasteiger partial charge on any atom is 0.127 e. The van der Waals surface area contributed by atoms with Gasteiger partial charge in [-0.3, -0.25) is 0 Å². The number of hydrogen-bond acceptors (Lipinski definition) is 5. The quantitative estimate of drug-likeness (QED) is 0.659. The first-order valence-corrected chi connectivity index (χ1v) is 4.68. The van der Waals surface area contributed by atoms with Crippen molar-refractivity contribution < 1.29 is 4.74 Å². The van der Waals surface area contributed by atoms with Crippen LogP contribution in [0.15, 0.2) is 6.07 Å². The Kier molecular flexibility index (Phi) is 2.60. The van der Waals surface area contributed by atoms with Gasteiger partial charge in [-0.2, -0.15) is 0 Å². The fourth-order valence-corrected chi connectivity index (χ4v) is 1.55. The Labute approximate surface area is 82.7 Å². The second-order valence-corrected chi connectivity index (χ2v) is 3.35. The third kappa shape index (κ3) is 2.00. The van der Waals surface area contributed by atoms with Gasteiger partial charge in [0.1, 0.15) is 11.6 Å². The standard InChI is InChI=1S/C9H14N4O/c1-6-12-7(4-9(10)13-6)8-5-14-3-2-11-8/h4,8,11H,2-3,5H2,1H3,(H2,10,12,13). The minimum Gasteiger partial charge on any atom is -0.384 e. The van der Waals surface area contributed by atoms with E-state index in [1.54, 1.807) is 6.07 Å². The van der Waals surface area contributed by atoms with Crippen molar-refractivity contribution >= 4 is 5.82 Å². The highest BCUT2D eigenvalue weighted by Crippen LogP contribution is 2.15. The van der Waals surface area contributed by atoms with Gasteiger partial charge in [-0.05, 0) is 6.92 Å². The van der Waals surface area contributed by atoms with Crippen LogP contribution in [0.5, 0.6) is 0 Å². The molecule has 1 aliphatic rings. The number of nitrogens with zero attached hydrogens (tertiary/aromatic N) is 2. The molecule has 76 valence electrons. The lowest BCUT2D eigenvalue weighted by Gasteiger charge is -2.23. The minimum atomic E-state index is 0.146. The SMILES string of the molecule is Cc1nc(N)cc(C2COCCN2)n1. The van der Waals surface area contributed by atoms with Gasteiger partial charge in [-0.25, -0.2) is 9.97 Å². The van der Waals surface area contributed by atoms with E-state index in [0.29, 0.717) is 18.2 Å². The van der Waals surface area contributed by atoms with Crippen LogP contribution in [0.25, 0.3) is 0 Å². The van der Waals surface area contributed by atoms with Crippen molar-refractivity contribution in [2.45, 2.75) is 13.0 Å². The third-order valence-electron chi connectivity index (χ3n) is 2.16. The van der Waals surface area contributed by atoms with Crippen molar-refractivity contribution in [3.8, 4) is 0 Å². The monoisotopic (exact) mass is 194 g/mol. The second-order valence-electron chi connectivity index (χ2n) is 3.35. The molecule has 0 aromatic carbocycles. The Morgan fingerprint density at radius 1 is 1.57 bits per heavy atom. The summed E-state index contributed by atoms with van der Waals surface area (Å²) >= 11 is 0. The van der Waals surface area contributed by atoms with Crippen LogP contribution in [0.1, 0.15) is 17.6 Å². The summed E-state index contributed by atoms with van der Waals surface area (Å²) in [6, 6.07) is 1.94. The van der Waals surface area contributed by atoms with E-state index < -0.39 is 0 Å². The van der Waals surface area contributed by atoms with E-state index in [9.17, 15) is 0 Å². The van der Waals surface area contributed by atoms with Gasteiger partial charge in [0.15, 0.2) is 0 Å². The number of aromatic nitrogens is 2. The smallest absolute Gasteiger partial charge is 0.127 e. The molecule has 1 unspecified atom stereocenters. The van der Waals surface area contributed by atoms with Crippen LogP contribution in [0.3, 0.4) is 0 Å². The lowest BCUT2D eigenvalue weighted by atomic mass is 10.2. The third-order valence-corrected chi connectivity index (χ3v) is 2.16. The summed E-state index contributed by atoms with van der Waals surface area (Å²) in [5.41, 5.74) is 6.56. The molecule has 1 fully saturated rings. The van der Waals surface area contributed by atoms with Crippen molar-refractivity contribution in [1.82, 2.24) is 15.3 Å². The van der Waals surface area contributed by atoms with Gasteiger partial charge in [-0.1, -0.05) is 0 Å². The Hall–Kier alpha value is -1.20. The molecule has 0 aliphatic carbocycles. The molecule has 0 radical (unpaired) electrons. The molecule has 2 heterocycles. The minimum absolute atomic E-state index is 0.146. The number of nitrogens with two attached hydrogens (primary N) is 1. The Morgan fingerprint density at radius 3 is 3.07 bits per heavy atom. The summed E-state index contributed by atoms with van der Waals surface area (Å²) in [6.07, 6.45) is 0. The molecule has 0 saturated carbocycles. The van der Waals surface area contributed by atoms with Crippen LogP contribution in [0, 0.1) is 6.92 Å². The molecule has 1 saturated heterocycles. The zero-order valence-electron chi connectivity index (χ0n) is 8.16. The molecule has 0 amide bonds. The first kappa shape index (κ1) is 9.36. The molecule has 0 spiro atoms. The number of rotatable bonds is 1. The molecule has 2 rings (SSSR count). The molecular weight excluding hydrogens is 180 g/mol. The van der Waals surface area contributed by atoms with Gasteiger partial charge in [0.25, 0.3) is 0 Å². The van der Waals surface area contributed by atoms with Gasteiger partial charge in [0.2, 0.25) is 0 Å². The van der Waals surface area contributed by atoms with Gasteiger partial charge >= 0.3 is 0 Å². The zero-order valence-corrected chi connectivity index (χ0v) is 8.16. The Morgan fingerprint density at radius 2 is 2.43 bits per heavy atom. The van der Waals surface area contributed by atoms with Gasteiger partial charge < -0.3 is 15.8 Å². The highest BCUT2D eigenvalue weighted by Gasteiger charge is 2.17. The molecule has 5 nitrogen and oxygen atoms in total. The van der Waals surface area contributed by atoms with Crippen molar-refractivity contribution in [3.63, 3.8) is 0 Å². The zero-order chi connectivity index (χ0) is 9.97. The van der Waals surface area contributed by atoms with Crippen LogP contribution < -0.4 is 11.1 Å². The van der Waals surface area contributed by atoms with Crippen molar-refractivity contribution in [3.05, 3.63) is 17.6 Å². The highest BCUT2D eigenvalue weighted by molar-refractivity contribution is 5.31. The van der Waals surface area contributed by atoms with Crippen LogP contribution in [-0.4, -0.2) is 29.7 Å². The van der Waals surface area contributed by atoms with Gasteiger partial charge in [0, 0.05) is 12.6 Å².